The fourth-order valence-electron chi connectivity index (χ4n) is 5.36. The summed E-state index contributed by atoms with van der Waals surface area (Å²) in [6.07, 6.45) is 5.51. The van der Waals surface area contributed by atoms with Crippen molar-refractivity contribution < 1.29 is 4.74 Å². The molecule has 1 saturated carbocycles. The lowest BCUT2D eigenvalue weighted by Crippen LogP contribution is -2.39. The molecule has 7 nitrogen and oxygen atoms in total. The van der Waals surface area contributed by atoms with Gasteiger partial charge in [-0.2, -0.15) is 0 Å². The van der Waals surface area contributed by atoms with E-state index in [1.54, 1.807) is 0 Å². The monoisotopic (exact) mass is 396 g/mol. The van der Waals surface area contributed by atoms with E-state index in [0.29, 0.717) is 23.8 Å². The van der Waals surface area contributed by atoms with Crippen LogP contribution in [-0.2, 0) is 11.3 Å². The van der Waals surface area contributed by atoms with Crippen molar-refractivity contribution in [3.63, 3.8) is 0 Å². The first-order valence-electron chi connectivity index (χ1n) is 11.0. The molecule has 1 aromatic carbocycles. The molecule has 1 aliphatic carbocycles. The Labute approximate surface area is 172 Å². The highest BCUT2D eigenvalue weighted by atomic mass is 16.5. The summed E-state index contributed by atoms with van der Waals surface area (Å²) < 4.78 is 7.72. The third kappa shape index (κ3) is 3.72. The highest BCUT2D eigenvalue weighted by Gasteiger charge is 2.40. The Kier molecular flexibility index (Phi) is 5.39. The van der Waals surface area contributed by atoms with Crippen LogP contribution in [0, 0.1) is 18.8 Å². The highest BCUT2D eigenvalue weighted by Crippen LogP contribution is 2.41. The molecule has 3 fully saturated rings. The van der Waals surface area contributed by atoms with Gasteiger partial charge in [0.1, 0.15) is 0 Å². The lowest BCUT2D eigenvalue weighted by atomic mass is 9.75. The molecule has 2 aromatic rings. The number of hydrogen-bond acceptors (Lipinski definition) is 6. The molecule has 0 radical (unpaired) electrons. The van der Waals surface area contributed by atoms with Gasteiger partial charge in [-0.15, -0.1) is 5.10 Å². The molecule has 156 valence electrons. The zero-order valence-corrected chi connectivity index (χ0v) is 17.2. The van der Waals surface area contributed by atoms with E-state index in [1.165, 1.54) is 16.8 Å². The average molecular weight is 397 g/mol. The summed E-state index contributed by atoms with van der Waals surface area (Å²) in [5.74, 6) is 1.45. The maximum atomic E-state index is 6.31. The SMILES string of the molecule is Cc1ccccc1-c1c(C2CCC3NNC(N)C3C2)nnn1CC1CCOCC1. The van der Waals surface area contributed by atoms with Gasteiger partial charge in [0.2, 0.25) is 0 Å². The van der Waals surface area contributed by atoms with Gasteiger partial charge >= 0.3 is 0 Å². The van der Waals surface area contributed by atoms with E-state index in [4.69, 9.17) is 15.6 Å². The molecule has 0 bridgehead atoms. The maximum absolute atomic E-state index is 6.31. The van der Waals surface area contributed by atoms with Gasteiger partial charge in [0, 0.05) is 43.2 Å². The smallest absolute Gasteiger partial charge is 0.0938 e. The van der Waals surface area contributed by atoms with Crippen LogP contribution in [0.25, 0.3) is 11.3 Å². The first kappa shape index (κ1) is 19.2. The lowest BCUT2D eigenvalue weighted by Gasteiger charge is -2.31. The first-order chi connectivity index (χ1) is 14.2. The Morgan fingerprint density at radius 1 is 1.14 bits per heavy atom. The van der Waals surface area contributed by atoms with Gasteiger partial charge in [-0.1, -0.05) is 29.5 Å². The predicted molar refractivity (Wildman–Crippen MR) is 112 cm³/mol. The molecule has 4 N–H and O–H groups in total. The summed E-state index contributed by atoms with van der Waals surface area (Å²) in [4.78, 5) is 0. The van der Waals surface area contributed by atoms with Crippen molar-refractivity contribution in [2.75, 3.05) is 13.2 Å². The van der Waals surface area contributed by atoms with Crippen molar-refractivity contribution in [3.05, 3.63) is 35.5 Å². The van der Waals surface area contributed by atoms with E-state index in [1.807, 2.05) is 0 Å². The van der Waals surface area contributed by atoms with Crippen molar-refractivity contribution in [1.29, 1.82) is 0 Å². The van der Waals surface area contributed by atoms with E-state index in [2.05, 4.69) is 51.9 Å². The normalized spacial score (nSPS) is 30.4. The Hall–Kier alpha value is -1.80. The van der Waals surface area contributed by atoms with E-state index >= 15 is 0 Å². The summed E-state index contributed by atoms with van der Waals surface area (Å²) in [6.45, 7) is 4.81. The van der Waals surface area contributed by atoms with Gasteiger partial charge in [0.15, 0.2) is 0 Å². The third-order valence-electron chi connectivity index (χ3n) is 7.12. The molecule has 2 saturated heterocycles. The Balaban J connectivity index is 1.49. The molecule has 5 rings (SSSR count). The number of hydrogen-bond donors (Lipinski definition) is 3. The van der Waals surface area contributed by atoms with Gasteiger partial charge in [0.05, 0.1) is 17.6 Å². The van der Waals surface area contributed by atoms with Crippen molar-refractivity contribution in [3.8, 4) is 11.3 Å². The molecule has 3 heterocycles. The maximum Gasteiger partial charge on any atom is 0.0938 e. The summed E-state index contributed by atoms with van der Waals surface area (Å²) in [5, 5.41) is 9.43. The van der Waals surface area contributed by atoms with E-state index in [9.17, 15) is 0 Å². The summed E-state index contributed by atoms with van der Waals surface area (Å²) >= 11 is 0. The van der Waals surface area contributed by atoms with Crippen molar-refractivity contribution in [2.24, 2.45) is 17.6 Å². The van der Waals surface area contributed by atoms with Gasteiger partial charge < -0.3 is 10.5 Å². The quantitative estimate of drug-likeness (QED) is 0.735. The average Bonchev–Trinajstić information content (AvgIpc) is 3.33. The number of benzene rings is 1. The largest absolute Gasteiger partial charge is 0.381 e. The van der Waals surface area contributed by atoms with Crippen molar-refractivity contribution in [1.82, 2.24) is 25.8 Å². The van der Waals surface area contributed by atoms with Crippen LogP contribution in [-0.4, -0.2) is 40.4 Å². The molecule has 1 aromatic heterocycles. The van der Waals surface area contributed by atoms with Crippen LogP contribution >= 0.6 is 0 Å². The summed E-state index contributed by atoms with van der Waals surface area (Å²) in [7, 11) is 0. The number of fused-ring (bicyclic) bond motifs is 1. The number of ether oxygens (including phenoxy) is 1. The Morgan fingerprint density at radius 2 is 1.97 bits per heavy atom. The molecule has 4 unspecified atom stereocenters. The summed E-state index contributed by atoms with van der Waals surface area (Å²) in [5.41, 5.74) is 17.8. The highest BCUT2D eigenvalue weighted by molar-refractivity contribution is 5.66. The first-order valence-corrected chi connectivity index (χ1v) is 11.0. The zero-order chi connectivity index (χ0) is 19.8. The molecular formula is C22H32N6O. The molecule has 2 aliphatic heterocycles. The standard InChI is InChI=1S/C22H32N6O/c1-14-4-2-3-5-17(14)21-20(16-6-7-19-18(12-16)22(23)26-24-19)25-27-28(21)13-15-8-10-29-11-9-15/h2-5,15-16,18-19,22,24,26H,6-13,23H2,1H3. The van der Waals surface area contributed by atoms with E-state index in [0.717, 1.165) is 57.6 Å². The van der Waals surface area contributed by atoms with Crippen molar-refractivity contribution >= 4 is 0 Å². The number of rotatable bonds is 4. The summed E-state index contributed by atoms with van der Waals surface area (Å²) in [6, 6.07) is 9.09. The zero-order valence-electron chi connectivity index (χ0n) is 17.2. The van der Waals surface area contributed by atoms with Gasteiger partial charge in [0.25, 0.3) is 0 Å². The number of nitrogens with two attached hydrogens (primary N) is 1. The van der Waals surface area contributed by atoms with Crippen LogP contribution in [0.5, 0.6) is 0 Å². The third-order valence-corrected chi connectivity index (χ3v) is 7.12. The van der Waals surface area contributed by atoms with Crippen LogP contribution < -0.4 is 16.6 Å². The molecular weight excluding hydrogens is 364 g/mol. The number of nitrogens with one attached hydrogen (secondary N) is 2. The van der Waals surface area contributed by atoms with E-state index < -0.39 is 0 Å². The van der Waals surface area contributed by atoms with E-state index in [-0.39, 0.29) is 6.17 Å². The van der Waals surface area contributed by atoms with Crippen LogP contribution in [0.3, 0.4) is 0 Å². The Bertz CT molecular complexity index is 846. The van der Waals surface area contributed by atoms with Crippen LogP contribution in [0.15, 0.2) is 24.3 Å². The topological polar surface area (TPSA) is 90.0 Å². The van der Waals surface area contributed by atoms with Crippen LogP contribution in [0.4, 0.5) is 0 Å². The lowest BCUT2D eigenvalue weighted by molar-refractivity contribution is 0.0601. The second-order valence-corrected chi connectivity index (χ2v) is 8.97. The van der Waals surface area contributed by atoms with Gasteiger partial charge in [-0.3, -0.25) is 5.43 Å². The number of hydrazine groups is 1. The minimum Gasteiger partial charge on any atom is -0.381 e. The molecule has 0 spiro atoms. The second kappa shape index (κ2) is 8.14. The van der Waals surface area contributed by atoms with Crippen LogP contribution in [0.1, 0.15) is 49.3 Å². The molecule has 3 aliphatic rings. The van der Waals surface area contributed by atoms with Gasteiger partial charge in [-0.05, 0) is 50.5 Å². The molecule has 7 heteroatoms. The van der Waals surface area contributed by atoms with Gasteiger partial charge in [-0.25, -0.2) is 10.1 Å². The molecule has 0 amide bonds. The minimum absolute atomic E-state index is 0.0157. The second-order valence-electron chi connectivity index (χ2n) is 8.97. The molecule has 29 heavy (non-hydrogen) atoms. The Morgan fingerprint density at radius 3 is 2.79 bits per heavy atom. The predicted octanol–water partition coefficient (Wildman–Crippen LogP) is 2.33. The fraction of sp³-hybridized carbons (Fsp3) is 0.636. The molecule has 4 atom stereocenters. The number of aryl methyl sites for hydroxylation is 1. The minimum atomic E-state index is 0.0157. The van der Waals surface area contributed by atoms with Crippen LogP contribution in [0.2, 0.25) is 0 Å². The fourth-order valence-corrected chi connectivity index (χ4v) is 5.36. The number of aromatic nitrogens is 3. The number of nitrogens with zero attached hydrogens (tertiary/aromatic N) is 3. The van der Waals surface area contributed by atoms with Crippen molar-refractivity contribution in [2.45, 2.75) is 63.7 Å².